The van der Waals surface area contributed by atoms with Crippen molar-refractivity contribution < 1.29 is 14.6 Å². The summed E-state index contributed by atoms with van der Waals surface area (Å²) in [5, 5.41) is 12.5. The molecule has 0 bridgehead atoms. The van der Waals surface area contributed by atoms with Gasteiger partial charge in [-0.2, -0.15) is 0 Å². The SMILES string of the molecule is CC(=O)NCCOc1ccc(O)c(C(C)(C)C)c1. The topological polar surface area (TPSA) is 58.6 Å². The van der Waals surface area contributed by atoms with Gasteiger partial charge in [0, 0.05) is 12.5 Å². The Hall–Kier alpha value is -1.71. The Morgan fingerprint density at radius 1 is 1.39 bits per heavy atom. The van der Waals surface area contributed by atoms with Crippen LogP contribution in [0, 0.1) is 0 Å². The minimum atomic E-state index is -0.138. The molecule has 0 atom stereocenters. The molecule has 0 saturated carbocycles. The zero-order chi connectivity index (χ0) is 13.8. The predicted octanol–water partition coefficient (Wildman–Crippen LogP) is 2.20. The van der Waals surface area contributed by atoms with E-state index in [1.54, 1.807) is 12.1 Å². The standard InChI is InChI=1S/C14H21NO3/c1-10(16)15-7-8-18-11-5-6-13(17)12(9-11)14(2,3)4/h5-6,9,17H,7-8H2,1-4H3,(H,15,16). The number of phenols is 1. The smallest absolute Gasteiger partial charge is 0.216 e. The second-order valence-corrected chi connectivity index (χ2v) is 5.26. The molecule has 0 unspecified atom stereocenters. The minimum absolute atomic E-state index is 0.0697. The second-order valence-electron chi connectivity index (χ2n) is 5.26. The molecule has 4 nitrogen and oxygen atoms in total. The third-order valence-corrected chi connectivity index (χ3v) is 2.52. The molecular formula is C14H21NO3. The molecule has 0 aromatic heterocycles. The van der Waals surface area contributed by atoms with Crippen molar-refractivity contribution in [1.82, 2.24) is 5.32 Å². The Balaban J connectivity index is 2.65. The van der Waals surface area contributed by atoms with Gasteiger partial charge >= 0.3 is 0 Å². The summed E-state index contributed by atoms with van der Waals surface area (Å²) in [5.41, 5.74) is 0.709. The maximum Gasteiger partial charge on any atom is 0.216 e. The lowest BCUT2D eigenvalue weighted by molar-refractivity contribution is -0.119. The summed E-state index contributed by atoms with van der Waals surface area (Å²) in [5.74, 6) is 0.902. The van der Waals surface area contributed by atoms with Gasteiger partial charge in [-0.25, -0.2) is 0 Å². The summed E-state index contributed by atoms with van der Waals surface area (Å²) >= 11 is 0. The van der Waals surface area contributed by atoms with Crippen LogP contribution in [0.15, 0.2) is 18.2 Å². The zero-order valence-corrected chi connectivity index (χ0v) is 11.4. The van der Waals surface area contributed by atoms with E-state index in [4.69, 9.17) is 4.74 Å². The maximum absolute atomic E-state index is 10.7. The summed E-state index contributed by atoms with van der Waals surface area (Å²) in [6, 6.07) is 5.19. The van der Waals surface area contributed by atoms with E-state index in [0.29, 0.717) is 18.9 Å². The molecule has 0 saturated heterocycles. The monoisotopic (exact) mass is 251 g/mol. The van der Waals surface area contributed by atoms with Crippen LogP contribution in [0.25, 0.3) is 0 Å². The molecule has 1 aromatic carbocycles. The van der Waals surface area contributed by atoms with E-state index < -0.39 is 0 Å². The summed E-state index contributed by atoms with van der Waals surface area (Å²) in [4.78, 5) is 10.7. The van der Waals surface area contributed by atoms with Gasteiger partial charge in [0.25, 0.3) is 0 Å². The van der Waals surface area contributed by atoms with Crippen molar-refractivity contribution in [3.63, 3.8) is 0 Å². The van der Waals surface area contributed by atoms with Crippen molar-refractivity contribution in [2.75, 3.05) is 13.2 Å². The van der Waals surface area contributed by atoms with E-state index >= 15 is 0 Å². The first kappa shape index (κ1) is 14.4. The fourth-order valence-electron chi connectivity index (χ4n) is 1.60. The van der Waals surface area contributed by atoms with Crippen LogP contribution < -0.4 is 10.1 Å². The van der Waals surface area contributed by atoms with Gasteiger partial charge in [0.1, 0.15) is 18.1 Å². The highest BCUT2D eigenvalue weighted by molar-refractivity contribution is 5.72. The van der Waals surface area contributed by atoms with Gasteiger partial charge in [-0.1, -0.05) is 20.8 Å². The number of phenolic OH excluding ortho intramolecular Hbond substituents is 1. The minimum Gasteiger partial charge on any atom is -0.508 e. The van der Waals surface area contributed by atoms with Crippen molar-refractivity contribution in [3.8, 4) is 11.5 Å². The number of ether oxygens (including phenoxy) is 1. The molecule has 18 heavy (non-hydrogen) atoms. The lowest BCUT2D eigenvalue weighted by atomic mass is 9.86. The van der Waals surface area contributed by atoms with Crippen LogP contribution in [0.2, 0.25) is 0 Å². The molecule has 1 aromatic rings. The van der Waals surface area contributed by atoms with Gasteiger partial charge in [0.2, 0.25) is 5.91 Å². The summed E-state index contributed by atoms with van der Waals surface area (Å²) in [7, 11) is 0. The normalized spacial score (nSPS) is 11.1. The van der Waals surface area contributed by atoms with Crippen LogP contribution in [0.3, 0.4) is 0 Å². The van der Waals surface area contributed by atoms with Crippen molar-refractivity contribution in [1.29, 1.82) is 0 Å². The van der Waals surface area contributed by atoms with Crippen molar-refractivity contribution in [2.24, 2.45) is 0 Å². The molecule has 2 N–H and O–H groups in total. The maximum atomic E-state index is 10.7. The van der Waals surface area contributed by atoms with Crippen molar-refractivity contribution >= 4 is 5.91 Å². The van der Waals surface area contributed by atoms with E-state index in [1.807, 2.05) is 26.8 Å². The van der Waals surface area contributed by atoms with Gasteiger partial charge in [0.15, 0.2) is 0 Å². The number of hydrogen-bond acceptors (Lipinski definition) is 3. The third-order valence-electron chi connectivity index (χ3n) is 2.52. The molecule has 0 radical (unpaired) electrons. The fraction of sp³-hybridized carbons (Fsp3) is 0.500. The van der Waals surface area contributed by atoms with Gasteiger partial charge in [0.05, 0.1) is 6.54 Å². The van der Waals surface area contributed by atoms with Gasteiger partial charge in [-0.3, -0.25) is 4.79 Å². The van der Waals surface area contributed by atoms with Crippen LogP contribution >= 0.6 is 0 Å². The van der Waals surface area contributed by atoms with E-state index in [9.17, 15) is 9.90 Å². The quantitative estimate of drug-likeness (QED) is 0.807. The highest BCUT2D eigenvalue weighted by Crippen LogP contribution is 2.33. The molecule has 0 aliphatic heterocycles. The molecule has 0 fully saturated rings. The van der Waals surface area contributed by atoms with Crippen LogP contribution in [0.1, 0.15) is 33.3 Å². The first-order valence-corrected chi connectivity index (χ1v) is 6.01. The highest BCUT2D eigenvalue weighted by Gasteiger charge is 2.18. The summed E-state index contributed by atoms with van der Waals surface area (Å²) in [6.07, 6.45) is 0. The second kappa shape index (κ2) is 5.76. The van der Waals surface area contributed by atoms with E-state index in [-0.39, 0.29) is 17.1 Å². The summed E-state index contributed by atoms with van der Waals surface area (Å²) < 4.78 is 5.52. The molecule has 0 aliphatic carbocycles. The van der Waals surface area contributed by atoms with Gasteiger partial charge < -0.3 is 15.2 Å². The lowest BCUT2D eigenvalue weighted by Crippen LogP contribution is -2.25. The van der Waals surface area contributed by atoms with Crippen molar-refractivity contribution in [3.05, 3.63) is 23.8 Å². The average molecular weight is 251 g/mol. The number of aromatic hydroxyl groups is 1. The number of rotatable bonds is 4. The molecule has 100 valence electrons. The molecule has 0 heterocycles. The molecule has 1 amide bonds. The Morgan fingerprint density at radius 3 is 2.61 bits per heavy atom. The van der Waals surface area contributed by atoms with Crippen LogP contribution in [0.5, 0.6) is 11.5 Å². The van der Waals surface area contributed by atoms with Crippen LogP contribution in [0.4, 0.5) is 0 Å². The molecular weight excluding hydrogens is 230 g/mol. The van der Waals surface area contributed by atoms with Gasteiger partial charge in [-0.05, 0) is 23.6 Å². The first-order chi connectivity index (χ1) is 8.30. The predicted molar refractivity (Wildman–Crippen MR) is 71.0 cm³/mol. The number of nitrogens with one attached hydrogen (secondary N) is 1. The average Bonchev–Trinajstić information content (AvgIpc) is 2.24. The van der Waals surface area contributed by atoms with E-state index in [1.165, 1.54) is 6.92 Å². The number of hydrogen-bond donors (Lipinski definition) is 2. The Bertz CT molecular complexity index is 422. The Morgan fingerprint density at radius 2 is 2.06 bits per heavy atom. The molecule has 1 rings (SSSR count). The van der Waals surface area contributed by atoms with E-state index in [0.717, 1.165) is 5.56 Å². The number of amides is 1. The first-order valence-electron chi connectivity index (χ1n) is 6.01. The van der Waals surface area contributed by atoms with E-state index in [2.05, 4.69) is 5.32 Å². The third kappa shape index (κ3) is 4.28. The fourth-order valence-corrected chi connectivity index (χ4v) is 1.60. The Labute approximate surface area is 108 Å². The number of carbonyl (C=O) groups excluding carboxylic acids is 1. The van der Waals surface area contributed by atoms with Crippen LogP contribution in [-0.2, 0) is 10.2 Å². The molecule has 4 heteroatoms. The number of carbonyl (C=O) groups is 1. The molecule has 0 aliphatic rings. The zero-order valence-electron chi connectivity index (χ0n) is 11.4. The highest BCUT2D eigenvalue weighted by atomic mass is 16.5. The molecule has 0 spiro atoms. The lowest BCUT2D eigenvalue weighted by Gasteiger charge is -2.21. The Kier molecular flexibility index (Phi) is 4.59. The van der Waals surface area contributed by atoms with Gasteiger partial charge in [-0.15, -0.1) is 0 Å². The largest absolute Gasteiger partial charge is 0.508 e. The van der Waals surface area contributed by atoms with Crippen LogP contribution in [-0.4, -0.2) is 24.2 Å². The number of benzene rings is 1. The van der Waals surface area contributed by atoms with Crippen molar-refractivity contribution in [2.45, 2.75) is 33.1 Å². The summed E-state index contributed by atoms with van der Waals surface area (Å²) in [6.45, 7) is 8.45.